The summed E-state index contributed by atoms with van der Waals surface area (Å²) in [6, 6.07) is 6.24. The normalized spacial score (nSPS) is 11.1. The molecular weight excluding hydrogens is 218 g/mol. The zero-order valence-corrected chi connectivity index (χ0v) is 11.3. The predicted octanol–water partition coefficient (Wildman–Crippen LogP) is 4.17. The molecular formula is C14H22ClN. The molecule has 0 aromatic heterocycles. The molecule has 0 fully saturated rings. The van der Waals surface area contributed by atoms with Crippen molar-refractivity contribution in [1.82, 2.24) is 5.32 Å². The van der Waals surface area contributed by atoms with Crippen molar-refractivity contribution in [1.29, 1.82) is 0 Å². The van der Waals surface area contributed by atoms with E-state index in [1.807, 2.05) is 6.07 Å². The van der Waals surface area contributed by atoms with Crippen LogP contribution in [-0.2, 0) is 6.54 Å². The van der Waals surface area contributed by atoms with Crippen molar-refractivity contribution < 1.29 is 0 Å². The van der Waals surface area contributed by atoms with E-state index in [0.717, 1.165) is 24.0 Å². The molecule has 0 bridgehead atoms. The van der Waals surface area contributed by atoms with E-state index >= 15 is 0 Å². The maximum Gasteiger partial charge on any atom is 0.0453 e. The van der Waals surface area contributed by atoms with Crippen LogP contribution in [0.5, 0.6) is 0 Å². The van der Waals surface area contributed by atoms with Gasteiger partial charge >= 0.3 is 0 Å². The van der Waals surface area contributed by atoms with E-state index < -0.39 is 0 Å². The molecule has 0 amide bonds. The molecule has 90 valence electrons. The minimum atomic E-state index is 0.782. The van der Waals surface area contributed by atoms with E-state index in [4.69, 9.17) is 11.6 Å². The van der Waals surface area contributed by atoms with Gasteiger partial charge in [0.25, 0.3) is 0 Å². The third kappa shape index (κ3) is 4.15. The summed E-state index contributed by atoms with van der Waals surface area (Å²) >= 11 is 6.17. The molecule has 0 unspecified atom stereocenters. The largest absolute Gasteiger partial charge is 0.312 e. The van der Waals surface area contributed by atoms with Crippen molar-refractivity contribution >= 4 is 11.6 Å². The minimum absolute atomic E-state index is 0.782. The third-order valence-electron chi connectivity index (χ3n) is 3.11. The summed E-state index contributed by atoms with van der Waals surface area (Å²) in [5, 5.41) is 4.35. The number of rotatable bonds is 6. The fraction of sp³-hybridized carbons (Fsp3) is 0.571. The van der Waals surface area contributed by atoms with Crippen molar-refractivity contribution in [3.05, 3.63) is 34.3 Å². The second-order valence-electron chi connectivity index (χ2n) is 4.41. The van der Waals surface area contributed by atoms with Crippen LogP contribution < -0.4 is 5.32 Å². The number of hydrogen-bond acceptors (Lipinski definition) is 1. The summed E-state index contributed by atoms with van der Waals surface area (Å²) in [4.78, 5) is 0. The lowest BCUT2D eigenvalue weighted by Crippen LogP contribution is -2.21. The van der Waals surface area contributed by atoms with Gasteiger partial charge in [0.05, 0.1) is 0 Å². The maximum absolute atomic E-state index is 6.17. The molecule has 1 aromatic carbocycles. The highest BCUT2D eigenvalue weighted by atomic mass is 35.5. The molecule has 0 saturated heterocycles. The molecule has 0 aliphatic rings. The first-order chi connectivity index (χ1) is 7.67. The summed E-state index contributed by atoms with van der Waals surface area (Å²) in [5.74, 6) is 0.782. The summed E-state index contributed by atoms with van der Waals surface area (Å²) < 4.78 is 0. The van der Waals surface area contributed by atoms with Crippen LogP contribution in [0.15, 0.2) is 18.2 Å². The van der Waals surface area contributed by atoms with Gasteiger partial charge in [-0.25, -0.2) is 0 Å². The monoisotopic (exact) mass is 239 g/mol. The number of aryl methyl sites for hydroxylation is 1. The molecule has 0 heterocycles. The molecule has 0 aliphatic carbocycles. The zero-order chi connectivity index (χ0) is 12.0. The Morgan fingerprint density at radius 3 is 2.50 bits per heavy atom. The van der Waals surface area contributed by atoms with Gasteiger partial charge in [-0.05, 0) is 36.6 Å². The van der Waals surface area contributed by atoms with Gasteiger partial charge in [0.15, 0.2) is 0 Å². The molecule has 2 heteroatoms. The lowest BCUT2D eigenvalue weighted by Gasteiger charge is -2.13. The van der Waals surface area contributed by atoms with Crippen LogP contribution in [0.4, 0.5) is 0 Å². The fourth-order valence-electron chi connectivity index (χ4n) is 1.78. The van der Waals surface area contributed by atoms with Gasteiger partial charge in [-0.2, -0.15) is 0 Å². The molecule has 0 spiro atoms. The smallest absolute Gasteiger partial charge is 0.0453 e. The Labute approximate surface area is 104 Å². The topological polar surface area (TPSA) is 12.0 Å². The van der Waals surface area contributed by atoms with Gasteiger partial charge in [0.2, 0.25) is 0 Å². The van der Waals surface area contributed by atoms with Gasteiger partial charge in [-0.3, -0.25) is 0 Å². The lowest BCUT2D eigenvalue weighted by molar-refractivity contribution is 0.449. The van der Waals surface area contributed by atoms with Gasteiger partial charge in [-0.15, -0.1) is 0 Å². The second kappa shape index (κ2) is 6.93. The third-order valence-corrected chi connectivity index (χ3v) is 3.46. The van der Waals surface area contributed by atoms with E-state index in [-0.39, 0.29) is 0 Å². The van der Waals surface area contributed by atoms with Crippen LogP contribution >= 0.6 is 11.6 Å². The highest BCUT2D eigenvalue weighted by molar-refractivity contribution is 6.31. The van der Waals surface area contributed by atoms with Crippen molar-refractivity contribution in [2.24, 2.45) is 5.92 Å². The van der Waals surface area contributed by atoms with E-state index in [1.54, 1.807) is 0 Å². The summed E-state index contributed by atoms with van der Waals surface area (Å²) in [6.07, 6.45) is 2.48. The Balaban J connectivity index is 2.42. The van der Waals surface area contributed by atoms with Crippen molar-refractivity contribution in [3.8, 4) is 0 Å². The van der Waals surface area contributed by atoms with Crippen molar-refractivity contribution in [2.75, 3.05) is 6.54 Å². The molecule has 0 radical (unpaired) electrons. The number of hydrogen-bond donors (Lipinski definition) is 1. The van der Waals surface area contributed by atoms with Crippen LogP contribution in [0.3, 0.4) is 0 Å². The van der Waals surface area contributed by atoms with Gasteiger partial charge < -0.3 is 5.32 Å². The first-order valence-corrected chi connectivity index (χ1v) is 6.50. The quantitative estimate of drug-likeness (QED) is 0.786. The Morgan fingerprint density at radius 1 is 1.25 bits per heavy atom. The van der Waals surface area contributed by atoms with E-state index in [0.29, 0.717) is 0 Å². The molecule has 0 aliphatic heterocycles. The van der Waals surface area contributed by atoms with Crippen LogP contribution in [0.25, 0.3) is 0 Å². The summed E-state index contributed by atoms with van der Waals surface area (Å²) in [6.45, 7) is 8.50. The molecule has 16 heavy (non-hydrogen) atoms. The van der Waals surface area contributed by atoms with E-state index in [2.05, 4.69) is 38.2 Å². The lowest BCUT2D eigenvalue weighted by atomic mass is 10.0. The molecule has 1 N–H and O–H groups in total. The first kappa shape index (κ1) is 13.5. The van der Waals surface area contributed by atoms with Gasteiger partial charge in [0, 0.05) is 11.6 Å². The number of nitrogens with one attached hydrogen (secondary N) is 1. The van der Waals surface area contributed by atoms with E-state index in [9.17, 15) is 0 Å². The van der Waals surface area contributed by atoms with E-state index in [1.165, 1.54) is 24.0 Å². The Hall–Kier alpha value is -0.530. The first-order valence-electron chi connectivity index (χ1n) is 6.13. The summed E-state index contributed by atoms with van der Waals surface area (Å²) in [5.41, 5.74) is 2.41. The molecule has 1 rings (SSSR count). The Bertz CT molecular complexity index is 319. The van der Waals surface area contributed by atoms with Crippen LogP contribution in [-0.4, -0.2) is 6.54 Å². The average Bonchev–Trinajstić information content (AvgIpc) is 2.27. The number of halogens is 1. The number of benzene rings is 1. The zero-order valence-electron chi connectivity index (χ0n) is 10.5. The van der Waals surface area contributed by atoms with Crippen LogP contribution in [0.2, 0.25) is 5.02 Å². The van der Waals surface area contributed by atoms with Gasteiger partial charge in [0.1, 0.15) is 0 Å². The van der Waals surface area contributed by atoms with Crippen LogP contribution in [0.1, 0.15) is 37.8 Å². The highest BCUT2D eigenvalue weighted by Crippen LogP contribution is 2.17. The SMILES string of the molecule is CCC(CC)CNCc1ccc(C)cc1Cl. The van der Waals surface area contributed by atoms with Crippen LogP contribution in [0, 0.1) is 12.8 Å². The predicted molar refractivity (Wildman–Crippen MR) is 72.0 cm³/mol. The molecule has 1 aromatic rings. The highest BCUT2D eigenvalue weighted by Gasteiger charge is 2.04. The molecule has 0 saturated carbocycles. The minimum Gasteiger partial charge on any atom is -0.312 e. The molecule has 0 atom stereocenters. The van der Waals surface area contributed by atoms with Crippen molar-refractivity contribution in [3.63, 3.8) is 0 Å². The van der Waals surface area contributed by atoms with Crippen molar-refractivity contribution in [2.45, 2.75) is 40.2 Å². The summed E-state index contributed by atoms with van der Waals surface area (Å²) in [7, 11) is 0. The standard InChI is InChI=1S/C14H22ClN/c1-4-12(5-2)9-16-10-13-7-6-11(3)8-14(13)15/h6-8,12,16H,4-5,9-10H2,1-3H3. The second-order valence-corrected chi connectivity index (χ2v) is 4.82. The maximum atomic E-state index is 6.17. The van der Waals surface area contributed by atoms with Gasteiger partial charge in [-0.1, -0.05) is 50.4 Å². The molecule has 1 nitrogen and oxygen atoms in total. The fourth-order valence-corrected chi connectivity index (χ4v) is 2.09. The Kier molecular flexibility index (Phi) is 5.86. The Morgan fingerprint density at radius 2 is 1.94 bits per heavy atom. The average molecular weight is 240 g/mol.